The van der Waals surface area contributed by atoms with Crippen molar-refractivity contribution in [3.05, 3.63) is 0 Å². The smallest absolute Gasteiger partial charge is 0.246 e. The summed E-state index contributed by atoms with van der Waals surface area (Å²) in [7, 11) is 0. The lowest BCUT2D eigenvalue weighted by atomic mass is 10.2. The van der Waals surface area contributed by atoms with Gasteiger partial charge in [0.2, 0.25) is 5.91 Å². The Morgan fingerprint density at radius 3 is 2.44 bits per heavy atom. The number of carbonyl (C=O) groups is 1. The molecule has 0 spiro atoms. The standard InChI is InChI=1S/C12H26N2O2/c1-4-7-13-8-9-16-10-12(15)14-11(5-2)6-3/h11,13H,4-10H2,1-3H3,(H,14,15). The predicted molar refractivity (Wildman–Crippen MR) is 66.5 cm³/mol. The van der Waals surface area contributed by atoms with Crippen LogP contribution in [-0.4, -0.2) is 38.3 Å². The second-order valence-corrected chi connectivity index (χ2v) is 3.88. The third-order valence-electron chi connectivity index (χ3n) is 2.43. The first-order valence-electron chi connectivity index (χ1n) is 6.32. The van der Waals surface area contributed by atoms with Gasteiger partial charge in [-0.15, -0.1) is 0 Å². The molecule has 0 heterocycles. The molecule has 0 saturated heterocycles. The molecular weight excluding hydrogens is 204 g/mol. The van der Waals surface area contributed by atoms with Gasteiger partial charge >= 0.3 is 0 Å². The first-order chi connectivity index (χ1) is 7.74. The Morgan fingerprint density at radius 2 is 1.88 bits per heavy atom. The van der Waals surface area contributed by atoms with E-state index in [1.54, 1.807) is 0 Å². The lowest BCUT2D eigenvalue weighted by molar-refractivity contribution is -0.126. The Hall–Kier alpha value is -0.610. The van der Waals surface area contributed by atoms with Crippen LogP contribution in [0.15, 0.2) is 0 Å². The van der Waals surface area contributed by atoms with Crippen LogP contribution < -0.4 is 10.6 Å². The van der Waals surface area contributed by atoms with Crippen molar-refractivity contribution in [2.75, 3.05) is 26.3 Å². The first kappa shape index (κ1) is 15.4. The highest BCUT2D eigenvalue weighted by atomic mass is 16.5. The number of rotatable bonds is 10. The molecular formula is C12H26N2O2. The summed E-state index contributed by atoms with van der Waals surface area (Å²) in [5, 5.41) is 6.15. The van der Waals surface area contributed by atoms with Crippen molar-refractivity contribution in [2.45, 2.75) is 46.1 Å². The number of hydrogen-bond donors (Lipinski definition) is 2. The van der Waals surface area contributed by atoms with Gasteiger partial charge in [0.1, 0.15) is 6.61 Å². The van der Waals surface area contributed by atoms with E-state index in [-0.39, 0.29) is 18.6 Å². The third kappa shape index (κ3) is 8.68. The fourth-order valence-electron chi connectivity index (χ4n) is 1.37. The van der Waals surface area contributed by atoms with Gasteiger partial charge in [0.25, 0.3) is 0 Å². The molecule has 0 unspecified atom stereocenters. The number of hydrogen-bond acceptors (Lipinski definition) is 3. The molecule has 0 aromatic heterocycles. The molecule has 0 aliphatic rings. The monoisotopic (exact) mass is 230 g/mol. The zero-order valence-corrected chi connectivity index (χ0v) is 10.8. The van der Waals surface area contributed by atoms with Gasteiger partial charge in [0.15, 0.2) is 0 Å². The van der Waals surface area contributed by atoms with Gasteiger partial charge < -0.3 is 15.4 Å². The van der Waals surface area contributed by atoms with Crippen LogP contribution in [-0.2, 0) is 9.53 Å². The lowest BCUT2D eigenvalue weighted by Crippen LogP contribution is -2.36. The van der Waals surface area contributed by atoms with Gasteiger partial charge in [-0.1, -0.05) is 20.8 Å². The molecule has 2 N–H and O–H groups in total. The molecule has 0 radical (unpaired) electrons. The third-order valence-corrected chi connectivity index (χ3v) is 2.43. The van der Waals surface area contributed by atoms with E-state index in [1.807, 2.05) is 0 Å². The average molecular weight is 230 g/mol. The van der Waals surface area contributed by atoms with Gasteiger partial charge in [0, 0.05) is 12.6 Å². The zero-order chi connectivity index (χ0) is 12.2. The molecule has 4 heteroatoms. The van der Waals surface area contributed by atoms with Crippen LogP contribution in [0.2, 0.25) is 0 Å². The maximum Gasteiger partial charge on any atom is 0.246 e. The summed E-state index contributed by atoms with van der Waals surface area (Å²) in [4.78, 5) is 11.4. The summed E-state index contributed by atoms with van der Waals surface area (Å²) in [5.41, 5.74) is 0. The molecule has 0 fully saturated rings. The van der Waals surface area contributed by atoms with Crippen LogP contribution in [0.4, 0.5) is 0 Å². The molecule has 0 atom stereocenters. The van der Waals surface area contributed by atoms with Crippen LogP contribution in [0, 0.1) is 0 Å². The SMILES string of the molecule is CCCNCCOCC(=O)NC(CC)CC. The van der Waals surface area contributed by atoms with E-state index in [0.717, 1.165) is 32.4 Å². The van der Waals surface area contributed by atoms with Crippen molar-refractivity contribution in [1.29, 1.82) is 0 Å². The number of carbonyl (C=O) groups excluding carboxylic acids is 1. The van der Waals surface area contributed by atoms with E-state index in [4.69, 9.17) is 4.74 Å². The minimum Gasteiger partial charge on any atom is -0.370 e. The molecule has 4 nitrogen and oxygen atoms in total. The Balaban J connectivity index is 3.36. The Labute approximate surface area is 99.1 Å². The summed E-state index contributed by atoms with van der Waals surface area (Å²) < 4.78 is 5.26. The first-order valence-corrected chi connectivity index (χ1v) is 6.32. The molecule has 0 aromatic carbocycles. The summed E-state index contributed by atoms with van der Waals surface area (Å²) in [6, 6.07) is 0.286. The van der Waals surface area contributed by atoms with E-state index in [2.05, 4.69) is 31.4 Å². The van der Waals surface area contributed by atoms with Gasteiger partial charge in [0.05, 0.1) is 6.61 Å². The minimum absolute atomic E-state index is 0.0100. The van der Waals surface area contributed by atoms with Crippen molar-refractivity contribution in [3.63, 3.8) is 0 Å². The average Bonchev–Trinajstić information content (AvgIpc) is 2.30. The van der Waals surface area contributed by atoms with E-state index in [9.17, 15) is 4.79 Å². The minimum atomic E-state index is -0.0100. The fourth-order valence-corrected chi connectivity index (χ4v) is 1.37. The highest BCUT2D eigenvalue weighted by Gasteiger charge is 2.07. The predicted octanol–water partition coefficient (Wildman–Crippen LogP) is 1.31. The van der Waals surface area contributed by atoms with Crippen molar-refractivity contribution in [2.24, 2.45) is 0 Å². The van der Waals surface area contributed by atoms with E-state index in [0.29, 0.717) is 6.61 Å². The largest absolute Gasteiger partial charge is 0.370 e. The molecule has 16 heavy (non-hydrogen) atoms. The van der Waals surface area contributed by atoms with Crippen LogP contribution in [0.25, 0.3) is 0 Å². The van der Waals surface area contributed by atoms with Crippen LogP contribution in [0.1, 0.15) is 40.0 Å². The van der Waals surface area contributed by atoms with Crippen molar-refractivity contribution in [3.8, 4) is 0 Å². The van der Waals surface area contributed by atoms with E-state index < -0.39 is 0 Å². The Kier molecular flexibility index (Phi) is 10.5. The number of nitrogens with one attached hydrogen (secondary N) is 2. The second kappa shape index (κ2) is 10.9. The molecule has 0 aliphatic carbocycles. The zero-order valence-electron chi connectivity index (χ0n) is 10.8. The van der Waals surface area contributed by atoms with Gasteiger partial charge in [-0.25, -0.2) is 0 Å². The van der Waals surface area contributed by atoms with Crippen LogP contribution in [0.5, 0.6) is 0 Å². The van der Waals surface area contributed by atoms with Gasteiger partial charge in [-0.05, 0) is 25.8 Å². The summed E-state index contributed by atoms with van der Waals surface area (Å²) in [6.07, 6.45) is 3.07. The second-order valence-electron chi connectivity index (χ2n) is 3.88. The molecule has 0 bridgehead atoms. The fraction of sp³-hybridized carbons (Fsp3) is 0.917. The molecule has 0 saturated carbocycles. The quantitative estimate of drug-likeness (QED) is 0.556. The summed E-state index contributed by atoms with van der Waals surface area (Å²) in [6.45, 7) is 8.85. The maximum atomic E-state index is 11.4. The summed E-state index contributed by atoms with van der Waals surface area (Å²) in [5.74, 6) is -0.0100. The Morgan fingerprint density at radius 1 is 1.19 bits per heavy atom. The number of ether oxygens (including phenoxy) is 1. The van der Waals surface area contributed by atoms with Gasteiger partial charge in [-0.2, -0.15) is 0 Å². The van der Waals surface area contributed by atoms with Crippen molar-refractivity contribution < 1.29 is 9.53 Å². The van der Waals surface area contributed by atoms with Crippen molar-refractivity contribution in [1.82, 2.24) is 10.6 Å². The Bertz CT molecular complexity index is 170. The highest BCUT2D eigenvalue weighted by Crippen LogP contribution is 1.95. The van der Waals surface area contributed by atoms with Crippen LogP contribution >= 0.6 is 0 Å². The highest BCUT2D eigenvalue weighted by molar-refractivity contribution is 5.77. The molecule has 1 amide bonds. The number of amides is 1. The normalized spacial score (nSPS) is 10.8. The molecule has 0 rings (SSSR count). The topological polar surface area (TPSA) is 50.4 Å². The molecule has 0 aromatic rings. The van der Waals surface area contributed by atoms with Crippen molar-refractivity contribution >= 4 is 5.91 Å². The van der Waals surface area contributed by atoms with Crippen LogP contribution in [0.3, 0.4) is 0 Å². The van der Waals surface area contributed by atoms with E-state index >= 15 is 0 Å². The maximum absolute atomic E-state index is 11.4. The van der Waals surface area contributed by atoms with Gasteiger partial charge in [-0.3, -0.25) is 4.79 Å². The molecule has 0 aliphatic heterocycles. The molecule has 96 valence electrons. The van der Waals surface area contributed by atoms with E-state index in [1.165, 1.54) is 0 Å². The summed E-state index contributed by atoms with van der Waals surface area (Å²) >= 11 is 0. The lowest BCUT2D eigenvalue weighted by Gasteiger charge is -2.14.